The van der Waals surface area contributed by atoms with Crippen molar-refractivity contribution >= 4 is 34.0 Å². The topological polar surface area (TPSA) is 81.2 Å². The Balaban J connectivity index is 2.84. The molecule has 0 saturated carbocycles. The Bertz CT molecular complexity index is 412. The smallest absolute Gasteiger partial charge is 0.293 e. The van der Waals surface area contributed by atoms with Crippen molar-refractivity contribution < 1.29 is 4.92 Å². The molecule has 0 aromatic heterocycles. The Labute approximate surface area is 120 Å². The van der Waals surface area contributed by atoms with E-state index in [1.165, 1.54) is 0 Å². The van der Waals surface area contributed by atoms with Crippen LogP contribution in [0.25, 0.3) is 0 Å². The van der Waals surface area contributed by atoms with Gasteiger partial charge in [-0.25, -0.2) is 0 Å². The Morgan fingerprint density at radius 3 is 2.83 bits per heavy atom. The number of nitro groups is 1. The number of unbranched alkanes of at least 4 members (excludes halogenated alkanes) is 1. The lowest BCUT2D eigenvalue weighted by Crippen LogP contribution is -2.29. The van der Waals surface area contributed by atoms with Crippen LogP contribution in [0.1, 0.15) is 26.2 Å². The zero-order chi connectivity index (χ0) is 13.5. The maximum Gasteiger partial charge on any atom is 0.293 e. The van der Waals surface area contributed by atoms with E-state index < -0.39 is 0 Å². The molecular formula is C12H18IN3O2. The molecule has 6 heteroatoms. The molecule has 0 saturated heterocycles. The fourth-order valence-electron chi connectivity index (χ4n) is 1.70. The largest absolute Gasteiger partial charge is 0.375 e. The molecule has 1 rings (SSSR count). The van der Waals surface area contributed by atoms with Crippen LogP contribution in [0.2, 0.25) is 0 Å². The molecule has 1 aromatic carbocycles. The van der Waals surface area contributed by atoms with Crippen LogP contribution in [0.15, 0.2) is 18.2 Å². The lowest BCUT2D eigenvalue weighted by molar-refractivity contribution is -0.384. The molecule has 0 aliphatic carbocycles. The summed E-state index contributed by atoms with van der Waals surface area (Å²) in [4.78, 5) is 10.6. The first kappa shape index (κ1) is 15.2. The highest BCUT2D eigenvalue weighted by Gasteiger charge is 2.16. The molecule has 1 aromatic rings. The van der Waals surface area contributed by atoms with Gasteiger partial charge >= 0.3 is 0 Å². The van der Waals surface area contributed by atoms with Gasteiger partial charge in [-0.15, -0.1) is 0 Å². The molecule has 100 valence electrons. The van der Waals surface area contributed by atoms with Crippen LogP contribution in [-0.2, 0) is 0 Å². The van der Waals surface area contributed by atoms with Crippen molar-refractivity contribution in [1.82, 2.24) is 0 Å². The number of hydrogen-bond acceptors (Lipinski definition) is 4. The summed E-state index contributed by atoms with van der Waals surface area (Å²) in [7, 11) is 0. The summed E-state index contributed by atoms with van der Waals surface area (Å²) in [6.45, 7) is 2.59. The van der Waals surface area contributed by atoms with Gasteiger partial charge in [0.15, 0.2) is 0 Å². The van der Waals surface area contributed by atoms with Gasteiger partial charge in [0.25, 0.3) is 5.69 Å². The van der Waals surface area contributed by atoms with E-state index in [0.717, 1.165) is 22.8 Å². The monoisotopic (exact) mass is 363 g/mol. The first-order chi connectivity index (χ1) is 8.58. The van der Waals surface area contributed by atoms with Crippen LogP contribution in [-0.4, -0.2) is 17.5 Å². The highest BCUT2D eigenvalue weighted by atomic mass is 127. The van der Waals surface area contributed by atoms with Crippen LogP contribution in [0, 0.1) is 13.7 Å². The third-order valence-corrected chi connectivity index (χ3v) is 3.38. The molecule has 0 spiro atoms. The second-order valence-electron chi connectivity index (χ2n) is 4.14. The van der Waals surface area contributed by atoms with Crippen molar-refractivity contribution in [3.63, 3.8) is 0 Å². The minimum absolute atomic E-state index is 0.0868. The number of benzene rings is 1. The van der Waals surface area contributed by atoms with E-state index in [2.05, 4.69) is 34.8 Å². The zero-order valence-electron chi connectivity index (χ0n) is 10.4. The fraction of sp³-hybridized carbons (Fsp3) is 0.500. The predicted molar refractivity (Wildman–Crippen MR) is 81.8 cm³/mol. The molecule has 0 fully saturated rings. The van der Waals surface area contributed by atoms with Crippen LogP contribution in [0.5, 0.6) is 0 Å². The zero-order valence-corrected chi connectivity index (χ0v) is 12.5. The molecule has 18 heavy (non-hydrogen) atoms. The minimum atomic E-state index is -0.363. The second-order valence-corrected chi connectivity index (χ2v) is 5.38. The first-order valence-electron chi connectivity index (χ1n) is 5.99. The van der Waals surface area contributed by atoms with Crippen molar-refractivity contribution in [3.05, 3.63) is 31.9 Å². The normalized spacial score (nSPS) is 12.2. The van der Waals surface area contributed by atoms with E-state index in [1.54, 1.807) is 12.1 Å². The molecule has 0 heterocycles. The van der Waals surface area contributed by atoms with Gasteiger partial charge in [0.1, 0.15) is 5.69 Å². The highest BCUT2D eigenvalue weighted by molar-refractivity contribution is 14.1. The molecule has 1 atom stereocenters. The summed E-state index contributed by atoms with van der Waals surface area (Å²) < 4.78 is 0.850. The standard InChI is InChI=1S/C12H18IN3O2/c1-2-3-4-10(8-14)15-11-6-5-9(13)7-12(11)16(17)18/h5-7,10,15H,2-4,8,14H2,1H3. The lowest BCUT2D eigenvalue weighted by atomic mass is 10.1. The summed E-state index contributed by atoms with van der Waals surface area (Å²) in [5.74, 6) is 0. The van der Waals surface area contributed by atoms with Crippen LogP contribution < -0.4 is 11.1 Å². The van der Waals surface area contributed by atoms with Gasteiger partial charge in [0, 0.05) is 22.2 Å². The van der Waals surface area contributed by atoms with E-state index >= 15 is 0 Å². The van der Waals surface area contributed by atoms with Gasteiger partial charge < -0.3 is 11.1 Å². The fourth-order valence-corrected chi connectivity index (χ4v) is 2.17. The maximum atomic E-state index is 11.0. The van der Waals surface area contributed by atoms with Crippen molar-refractivity contribution in [1.29, 1.82) is 0 Å². The number of nitrogens with two attached hydrogens (primary N) is 1. The van der Waals surface area contributed by atoms with E-state index in [-0.39, 0.29) is 16.7 Å². The van der Waals surface area contributed by atoms with Gasteiger partial charge in [-0.3, -0.25) is 10.1 Å². The Kier molecular flexibility index (Phi) is 6.34. The van der Waals surface area contributed by atoms with Crippen molar-refractivity contribution in [2.24, 2.45) is 5.73 Å². The molecule has 0 aliphatic rings. The summed E-state index contributed by atoms with van der Waals surface area (Å²) in [5.41, 5.74) is 6.34. The van der Waals surface area contributed by atoms with Crippen LogP contribution >= 0.6 is 22.6 Å². The summed E-state index contributed by atoms with van der Waals surface area (Å²) >= 11 is 2.06. The van der Waals surface area contributed by atoms with Gasteiger partial charge in [0.2, 0.25) is 0 Å². The quantitative estimate of drug-likeness (QED) is 0.443. The van der Waals surface area contributed by atoms with Gasteiger partial charge in [0.05, 0.1) is 4.92 Å². The van der Waals surface area contributed by atoms with E-state index in [4.69, 9.17) is 5.73 Å². The first-order valence-corrected chi connectivity index (χ1v) is 7.07. The average Bonchev–Trinajstić information content (AvgIpc) is 2.35. The lowest BCUT2D eigenvalue weighted by Gasteiger charge is -2.17. The van der Waals surface area contributed by atoms with Crippen LogP contribution in [0.3, 0.4) is 0 Å². The summed E-state index contributed by atoms with van der Waals surface area (Å²) in [6, 6.07) is 5.25. The van der Waals surface area contributed by atoms with E-state index in [1.807, 2.05) is 6.07 Å². The van der Waals surface area contributed by atoms with Crippen molar-refractivity contribution in [3.8, 4) is 0 Å². The third-order valence-electron chi connectivity index (χ3n) is 2.71. The number of hydrogen-bond donors (Lipinski definition) is 2. The highest BCUT2D eigenvalue weighted by Crippen LogP contribution is 2.27. The number of nitrogens with one attached hydrogen (secondary N) is 1. The number of nitrogens with zero attached hydrogens (tertiary/aromatic N) is 1. The minimum Gasteiger partial charge on any atom is -0.375 e. The van der Waals surface area contributed by atoms with Gasteiger partial charge in [-0.05, 0) is 41.1 Å². The molecule has 0 bridgehead atoms. The number of halogens is 1. The second kappa shape index (κ2) is 7.52. The SMILES string of the molecule is CCCCC(CN)Nc1ccc(I)cc1[N+](=O)[O-]. The van der Waals surface area contributed by atoms with Crippen LogP contribution in [0.4, 0.5) is 11.4 Å². The number of anilines is 1. The molecule has 0 aliphatic heterocycles. The Hall–Kier alpha value is -0.890. The summed E-state index contributed by atoms with van der Waals surface area (Å²) in [5, 5.41) is 14.2. The van der Waals surface area contributed by atoms with Gasteiger partial charge in [-0.1, -0.05) is 19.8 Å². The van der Waals surface area contributed by atoms with E-state index in [0.29, 0.717) is 12.2 Å². The predicted octanol–water partition coefficient (Wildman–Crippen LogP) is 3.13. The van der Waals surface area contributed by atoms with Crippen molar-refractivity contribution in [2.75, 3.05) is 11.9 Å². The summed E-state index contributed by atoms with van der Waals surface area (Å²) in [6.07, 6.45) is 3.08. The number of nitro benzene ring substituents is 1. The number of rotatable bonds is 7. The van der Waals surface area contributed by atoms with E-state index in [9.17, 15) is 10.1 Å². The Morgan fingerprint density at radius 1 is 1.56 bits per heavy atom. The molecule has 3 N–H and O–H groups in total. The molecule has 5 nitrogen and oxygen atoms in total. The molecule has 0 radical (unpaired) electrons. The molecular weight excluding hydrogens is 345 g/mol. The molecule has 0 amide bonds. The average molecular weight is 363 g/mol. The van der Waals surface area contributed by atoms with Crippen molar-refractivity contribution in [2.45, 2.75) is 32.2 Å². The molecule has 1 unspecified atom stereocenters. The Morgan fingerprint density at radius 2 is 2.28 bits per heavy atom. The van der Waals surface area contributed by atoms with Gasteiger partial charge in [-0.2, -0.15) is 0 Å². The maximum absolute atomic E-state index is 11.0. The third kappa shape index (κ3) is 4.41.